The average molecular weight is 425 g/mol. The lowest BCUT2D eigenvalue weighted by molar-refractivity contribution is -0.121. The molecule has 3 N–H and O–H groups in total. The maximum Gasteiger partial charge on any atom is 0.269 e. The molecule has 1 saturated heterocycles. The molecule has 4 rings (SSSR count). The molecule has 0 radical (unpaired) electrons. The van der Waals surface area contributed by atoms with Crippen LogP contribution in [0.3, 0.4) is 0 Å². The van der Waals surface area contributed by atoms with Gasteiger partial charge in [0.05, 0.1) is 0 Å². The third-order valence-corrected chi connectivity index (χ3v) is 6.30. The van der Waals surface area contributed by atoms with Crippen LogP contribution in [0.5, 0.6) is 0 Å². The molecule has 0 bridgehead atoms. The highest BCUT2D eigenvalue weighted by molar-refractivity contribution is 5.99. The van der Waals surface area contributed by atoms with Crippen LogP contribution in [0, 0.1) is 11.8 Å². The van der Waals surface area contributed by atoms with Gasteiger partial charge in [0.1, 0.15) is 29.3 Å². The minimum absolute atomic E-state index is 0.0202. The van der Waals surface area contributed by atoms with Crippen molar-refractivity contribution in [3.63, 3.8) is 0 Å². The molecule has 2 heterocycles. The molecule has 9 nitrogen and oxygen atoms in total. The fraction of sp³-hybridized carbons (Fsp3) is 0.500. The Hall–Kier alpha value is -3.23. The average Bonchev–Trinajstić information content (AvgIpc) is 3.37. The smallest absolute Gasteiger partial charge is 0.269 e. The van der Waals surface area contributed by atoms with E-state index in [2.05, 4.69) is 25.9 Å². The molecule has 3 aliphatic rings. The Morgan fingerprint density at radius 2 is 1.87 bits per heavy atom. The van der Waals surface area contributed by atoms with Crippen LogP contribution in [-0.4, -0.2) is 38.8 Å². The summed E-state index contributed by atoms with van der Waals surface area (Å²) in [5, 5.41) is 8.93. The molecular weight excluding hydrogens is 396 g/mol. The van der Waals surface area contributed by atoms with E-state index in [0.29, 0.717) is 17.3 Å². The molecular formula is C22H28N6O3. The molecule has 3 amide bonds. The molecule has 1 aromatic heterocycles. The number of hydrogen-bond donors (Lipinski definition) is 3. The van der Waals surface area contributed by atoms with Crippen LogP contribution < -0.4 is 16.0 Å². The molecule has 0 aromatic carbocycles. The lowest BCUT2D eigenvalue weighted by Gasteiger charge is -2.37. The van der Waals surface area contributed by atoms with Crippen molar-refractivity contribution >= 4 is 29.9 Å². The van der Waals surface area contributed by atoms with E-state index in [0.717, 1.165) is 50.6 Å². The summed E-state index contributed by atoms with van der Waals surface area (Å²) in [5.74, 6) is 1.03. The van der Waals surface area contributed by atoms with Gasteiger partial charge < -0.3 is 16.0 Å². The molecule has 0 spiro atoms. The van der Waals surface area contributed by atoms with Crippen LogP contribution in [0.1, 0.15) is 52.4 Å². The standard InChI is InChI=1S/C22H28N6O3/c1-14(25-18-11-19(24-12-23-18)26-20(30)15-8-9-15)7-10-17-21(31)27-22(2,28(17)13-29)16-5-3-4-6-16/h7,10-13,15-16H,3-6,8-9H2,1-2H3,(H,27,31)(H2,23,24,25,26,30)/b14-7+,17-10-. The van der Waals surface area contributed by atoms with Gasteiger partial charge in [0, 0.05) is 23.6 Å². The third kappa shape index (κ3) is 4.45. The van der Waals surface area contributed by atoms with Crippen molar-refractivity contribution in [2.24, 2.45) is 11.8 Å². The fourth-order valence-electron chi connectivity index (χ4n) is 4.34. The maximum absolute atomic E-state index is 12.6. The highest BCUT2D eigenvalue weighted by Gasteiger charge is 2.49. The molecule has 164 valence electrons. The number of carbonyl (C=O) groups excluding carboxylic acids is 3. The van der Waals surface area contributed by atoms with E-state index in [-0.39, 0.29) is 23.7 Å². The van der Waals surface area contributed by atoms with Crippen LogP contribution in [0.15, 0.2) is 35.9 Å². The minimum atomic E-state index is -0.683. The van der Waals surface area contributed by atoms with E-state index in [1.54, 1.807) is 18.2 Å². The summed E-state index contributed by atoms with van der Waals surface area (Å²) in [6, 6.07) is 1.65. The molecule has 1 aromatic rings. The first-order valence-electron chi connectivity index (χ1n) is 10.8. The largest absolute Gasteiger partial charge is 0.344 e. The second-order valence-electron chi connectivity index (χ2n) is 8.64. The van der Waals surface area contributed by atoms with E-state index in [4.69, 9.17) is 0 Å². The van der Waals surface area contributed by atoms with Crippen molar-refractivity contribution in [2.75, 3.05) is 10.6 Å². The number of carbonyl (C=O) groups is 3. The highest BCUT2D eigenvalue weighted by Crippen LogP contribution is 2.40. The summed E-state index contributed by atoms with van der Waals surface area (Å²) in [7, 11) is 0. The zero-order valence-corrected chi connectivity index (χ0v) is 17.9. The fourth-order valence-corrected chi connectivity index (χ4v) is 4.34. The molecule has 2 saturated carbocycles. The summed E-state index contributed by atoms with van der Waals surface area (Å²) < 4.78 is 0. The molecule has 3 fully saturated rings. The summed E-state index contributed by atoms with van der Waals surface area (Å²) in [4.78, 5) is 46.1. The third-order valence-electron chi connectivity index (χ3n) is 6.30. The first kappa shape index (κ1) is 21.0. The number of hydrogen-bond acceptors (Lipinski definition) is 6. The molecule has 31 heavy (non-hydrogen) atoms. The Morgan fingerprint density at radius 3 is 2.52 bits per heavy atom. The molecule has 1 atom stereocenters. The van der Waals surface area contributed by atoms with Gasteiger partial charge in [0.2, 0.25) is 12.3 Å². The van der Waals surface area contributed by atoms with Crippen LogP contribution in [-0.2, 0) is 14.4 Å². The zero-order chi connectivity index (χ0) is 22.0. The second-order valence-corrected chi connectivity index (χ2v) is 8.64. The van der Waals surface area contributed by atoms with Crippen LogP contribution >= 0.6 is 0 Å². The summed E-state index contributed by atoms with van der Waals surface area (Å²) in [6.45, 7) is 3.75. The van der Waals surface area contributed by atoms with Crippen molar-refractivity contribution in [2.45, 2.75) is 58.0 Å². The number of allylic oxidation sites excluding steroid dienone is 3. The van der Waals surface area contributed by atoms with Crippen molar-refractivity contribution < 1.29 is 14.4 Å². The highest BCUT2D eigenvalue weighted by atomic mass is 16.2. The van der Waals surface area contributed by atoms with E-state index in [9.17, 15) is 14.4 Å². The van der Waals surface area contributed by atoms with Crippen molar-refractivity contribution in [3.8, 4) is 0 Å². The first-order valence-corrected chi connectivity index (χ1v) is 10.8. The first-order chi connectivity index (χ1) is 14.9. The Bertz CT molecular complexity index is 948. The van der Waals surface area contributed by atoms with Gasteiger partial charge >= 0.3 is 0 Å². The summed E-state index contributed by atoms with van der Waals surface area (Å²) in [5.41, 5.74) is 0.363. The predicted molar refractivity (Wildman–Crippen MR) is 115 cm³/mol. The monoisotopic (exact) mass is 424 g/mol. The lowest BCUT2D eigenvalue weighted by Crippen LogP contribution is -2.53. The maximum atomic E-state index is 12.6. The SMILES string of the molecule is C/C(=C\C=C1\C(=O)NC(C)(C2CCCC2)N1C=O)Nc1cc(NC(=O)C2CC2)ncn1. The quantitative estimate of drug-likeness (QED) is 0.457. The van der Waals surface area contributed by atoms with Crippen molar-refractivity contribution in [3.05, 3.63) is 35.9 Å². The van der Waals surface area contributed by atoms with Gasteiger partial charge in [0.15, 0.2) is 0 Å². The molecule has 1 aliphatic heterocycles. The number of nitrogens with one attached hydrogen (secondary N) is 3. The van der Waals surface area contributed by atoms with Crippen molar-refractivity contribution in [1.82, 2.24) is 20.2 Å². The van der Waals surface area contributed by atoms with E-state index in [1.807, 2.05) is 13.8 Å². The Morgan fingerprint density at radius 1 is 1.19 bits per heavy atom. The number of amides is 3. The number of anilines is 2. The van der Waals surface area contributed by atoms with Gasteiger partial charge in [-0.05, 0) is 51.7 Å². The normalized spacial score (nSPS) is 25.6. The van der Waals surface area contributed by atoms with E-state index in [1.165, 1.54) is 11.2 Å². The van der Waals surface area contributed by atoms with Gasteiger partial charge in [-0.3, -0.25) is 19.3 Å². The summed E-state index contributed by atoms with van der Waals surface area (Å²) >= 11 is 0. The van der Waals surface area contributed by atoms with Crippen LogP contribution in [0.2, 0.25) is 0 Å². The molecule has 2 aliphatic carbocycles. The van der Waals surface area contributed by atoms with Crippen LogP contribution in [0.25, 0.3) is 0 Å². The molecule has 1 unspecified atom stereocenters. The van der Waals surface area contributed by atoms with Gasteiger partial charge in [-0.2, -0.15) is 0 Å². The van der Waals surface area contributed by atoms with Gasteiger partial charge in [-0.25, -0.2) is 9.97 Å². The number of nitrogens with zero attached hydrogens (tertiary/aromatic N) is 3. The minimum Gasteiger partial charge on any atom is -0.344 e. The number of aromatic nitrogens is 2. The van der Waals surface area contributed by atoms with Crippen LogP contribution in [0.4, 0.5) is 11.6 Å². The Kier molecular flexibility index (Phi) is 5.75. The lowest BCUT2D eigenvalue weighted by atomic mass is 9.92. The second kappa shape index (κ2) is 8.49. The number of rotatable bonds is 7. The van der Waals surface area contributed by atoms with Gasteiger partial charge in [-0.1, -0.05) is 12.8 Å². The van der Waals surface area contributed by atoms with E-state index >= 15 is 0 Å². The zero-order valence-electron chi connectivity index (χ0n) is 17.9. The van der Waals surface area contributed by atoms with E-state index < -0.39 is 5.66 Å². The van der Waals surface area contributed by atoms with Gasteiger partial charge in [0.25, 0.3) is 5.91 Å². The predicted octanol–water partition coefficient (Wildman–Crippen LogP) is 2.52. The topological polar surface area (TPSA) is 116 Å². The summed E-state index contributed by atoms with van der Waals surface area (Å²) in [6.07, 6.45) is 11.6. The Labute approximate surface area is 181 Å². The Balaban J connectivity index is 1.46. The molecule has 9 heteroatoms. The van der Waals surface area contributed by atoms with Gasteiger partial charge in [-0.15, -0.1) is 0 Å². The van der Waals surface area contributed by atoms with Crippen molar-refractivity contribution in [1.29, 1.82) is 0 Å².